The van der Waals surface area contributed by atoms with Gasteiger partial charge in [-0.3, -0.25) is 9.69 Å². The molecule has 0 bridgehead atoms. The zero-order chi connectivity index (χ0) is 16.6. The van der Waals surface area contributed by atoms with E-state index in [2.05, 4.69) is 35.9 Å². The lowest BCUT2D eigenvalue weighted by atomic mass is 9.92. The van der Waals surface area contributed by atoms with Crippen LogP contribution in [0, 0.1) is 12.8 Å². The first-order valence-electron chi connectivity index (χ1n) is 8.04. The van der Waals surface area contributed by atoms with Crippen molar-refractivity contribution in [3.63, 3.8) is 0 Å². The number of hydrogen-bond acceptors (Lipinski definition) is 5. The Morgan fingerprint density at radius 3 is 2.65 bits per heavy atom. The predicted octanol–water partition coefficient (Wildman–Crippen LogP) is 1.97. The summed E-state index contributed by atoms with van der Waals surface area (Å²) < 4.78 is 6.70. The van der Waals surface area contributed by atoms with Gasteiger partial charge in [0.15, 0.2) is 0 Å². The lowest BCUT2D eigenvalue weighted by Gasteiger charge is -2.38. The number of nitrogens with zero attached hydrogens (tertiary/aromatic N) is 4. The van der Waals surface area contributed by atoms with E-state index in [1.54, 1.807) is 10.7 Å². The highest BCUT2D eigenvalue weighted by Crippen LogP contribution is 2.21. The van der Waals surface area contributed by atoms with Crippen molar-refractivity contribution in [3.05, 3.63) is 45.7 Å². The van der Waals surface area contributed by atoms with E-state index in [1.165, 1.54) is 0 Å². The maximum Gasteiger partial charge on any atom is 0.266 e. The molecule has 0 aliphatic carbocycles. The molecule has 3 rings (SSSR count). The van der Waals surface area contributed by atoms with Crippen molar-refractivity contribution in [2.45, 2.75) is 46.2 Å². The van der Waals surface area contributed by atoms with Crippen molar-refractivity contribution >= 4 is 0 Å². The van der Waals surface area contributed by atoms with E-state index >= 15 is 0 Å². The SMILES string of the molecule is Cc1cc(CN2CC(Cn3nc(C(C)(C)C)ccc3=O)C2)no1. The van der Waals surface area contributed by atoms with Gasteiger partial charge in [-0.25, -0.2) is 4.68 Å². The van der Waals surface area contributed by atoms with Crippen molar-refractivity contribution < 1.29 is 4.52 Å². The molecule has 0 atom stereocenters. The van der Waals surface area contributed by atoms with Gasteiger partial charge in [0.2, 0.25) is 0 Å². The quantitative estimate of drug-likeness (QED) is 0.863. The number of likely N-dealkylation sites (tertiary alicyclic amines) is 1. The van der Waals surface area contributed by atoms with Gasteiger partial charge >= 0.3 is 0 Å². The van der Waals surface area contributed by atoms with Crippen LogP contribution in [0.4, 0.5) is 0 Å². The minimum Gasteiger partial charge on any atom is -0.361 e. The van der Waals surface area contributed by atoms with Gasteiger partial charge in [-0.2, -0.15) is 5.10 Å². The first-order chi connectivity index (χ1) is 10.8. The monoisotopic (exact) mass is 316 g/mol. The van der Waals surface area contributed by atoms with Crippen LogP contribution in [0.2, 0.25) is 0 Å². The van der Waals surface area contributed by atoms with Crippen LogP contribution >= 0.6 is 0 Å². The molecule has 2 aromatic heterocycles. The topological polar surface area (TPSA) is 64.2 Å². The van der Waals surface area contributed by atoms with Crippen LogP contribution in [0.25, 0.3) is 0 Å². The average molecular weight is 316 g/mol. The van der Waals surface area contributed by atoms with E-state index in [-0.39, 0.29) is 11.0 Å². The highest BCUT2D eigenvalue weighted by Gasteiger charge is 2.28. The van der Waals surface area contributed by atoms with E-state index in [1.807, 2.05) is 19.1 Å². The molecular formula is C17H24N4O2. The van der Waals surface area contributed by atoms with Crippen LogP contribution in [0.5, 0.6) is 0 Å². The van der Waals surface area contributed by atoms with Gasteiger partial charge < -0.3 is 4.52 Å². The molecule has 1 fully saturated rings. The number of rotatable bonds is 4. The number of aromatic nitrogens is 3. The Morgan fingerprint density at radius 1 is 1.30 bits per heavy atom. The summed E-state index contributed by atoms with van der Waals surface area (Å²) in [6.07, 6.45) is 0. The molecule has 124 valence electrons. The summed E-state index contributed by atoms with van der Waals surface area (Å²) in [6, 6.07) is 5.42. The zero-order valence-electron chi connectivity index (χ0n) is 14.2. The van der Waals surface area contributed by atoms with Crippen molar-refractivity contribution in [2.24, 2.45) is 5.92 Å². The van der Waals surface area contributed by atoms with E-state index < -0.39 is 0 Å². The third-order valence-corrected chi connectivity index (χ3v) is 4.16. The fraction of sp³-hybridized carbons (Fsp3) is 0.588. The minimum atomic E-state index is -0.0497. The molecule has 0 N–H and O–H groups in total. The highest BCUT2D eigenvalue weighted by molar-refractivity contribution is 5.11. The average Bonchev–Trinajstić information content (AvgIpc) is 2.82. The van der Waals surface area contributed by atoms with Gasteiger partial charge in [0, 0.05) is 43.1 Å². The van der Waals surface area contributed by atoms with E-state index in [0.717, 1.165) is 36.8 Å². The predicted molar refractivity (Wildman–Crippen MR) is 87.2 cm³/mol. The molecule has 1 saturated heterocycles. The lowest BCUT2D eigenvalue weighted by Crippen LogP contribution is -2.49. The van der Waals surface area contributed by atoms with Crippen molar-refractivity contribution in [1.29, 1.82) is 0 Å². The number of aryl methyl sites for hydroxylation is 1. The van der Waals surface area contributed by atoms with Gasteiger partial charge in [0.05, 0.1) is 17.9 Å². The fourth-order valence-electron chi connectivity index (χ4n) is 2.87. The standard InChI is InChI=1S/C17H24N4O2/c1-12-7-14(19-23-12)11-20-8-13(9-20)10-21-16(22)6-5-15(18-21)17(2,3)4/h5-7,13H,8-11H2,1-4H3. The third kappa shape index (κ3) is 3.69. The van der Waals surface area contributed by atoms with Gasteiger partial charge in [-0.1, -0.05) is 25.9 Å². The normalized spacial score (nSPS) is 16.5. The fourth-order valence-corrected chi connectivity index (χ4v) is 2.87. The summed E-state index contributed by atoms with van der Waals surface area (Å²) in [5.41, 5.74) is 1.84. The van der Waals surface area contributed by atoms with Crippen LogP contribution in [-0.4, -0.2) is 32.9 Å². The molecular weight excluding hydrogens is 292 g/mol. The van der Waals surface area contributed by atoms with Crippen LogP contribution < -0.4 is 5.56 Å². The summed E-state index contributed by atoms with van der Waals surface area (Å²) in [5.74, 6) is 1.30. The molecule has 0 aromatic carbocycles. The maximum atomic E-state index is 12.0. The maximum absolute atomic E-state index is 12.0. The Kier molecular flexibility index (Phi) is 4.10. The molecule has 23 heavy (non-hydrogen) atoms. The Labute approximate surface area is 136 Å². The molecule has 6 nitrogen and oxygen atoms in total. The van der Waals surface area contributed by atoms with Crippen LogP contribution in [0.3, 0.4) is 0 Å². The van der Waals surface area contributed by atoms with Gasteiger partial charge in [0.25, 0.3) is 5.56 Å². The second kappa shape index (κ2) is 5.92. The summed E-state index contributed by atoms with van der Waals surface area (Å²) in [6.45, 7) is 11.6. The largest absolute Gasteiger partial charge is 0.361 e. The Hall–Kier alpha value is -1.95. The zero-order valence-corrected chi connectivity index (χ0v) is 14.2. The summed E-state index contributed by atoms with van der Waals surface area (Å²) in [4.78, 5) is 14.3. The Balaban J connectivity index is 1.58. The molecule has 0 saturated carbocycles. The molecule has 0 unspecified atom stereocenters. The smallest absolute Gasteiger partial charge is 0.266 e. The van der Waals surface area contributed by atoms with Crippen molar-refractivity contribution in [3.8, 4) is 0 Å². The first kappa shape index (κ1) is 15.9. The van der Waals surface area contributed by atoms with Gasteiger partial charge in [-0.05, 0) is 13.0 Å². The first-order valence-corrected chi connectivity index (χ1v) is 8.04. The summed E-state index contributed by atoms with van der Waals surface area (Å²) >= 11 is 0. The van der Waals surface area contributed by atoms with Gasteiger partial charge in [-0.15, -0.1) is 0 Å². The molecule has 0 radical (unpaired) electrons. The molecule has 1 aliphatic rings. The molecule has 2 aromatic rings. The van der Waals surface area contributed by atoms with Crippen LogP contribution in [0.1, 0.15) is 37.9 Å². The van der Waals surface area contributed by atoms with Crippen LogP contribution in [-0.2, 0) is 18.5 Å². The van der Waals surface area contributed by atoms with Crippen LogP contribution in [0.15, 0.2) is 27.5 Å². The van der Waals surface area contributed by atoms with Crippen molar-refractivity contribution in [1.82, 2.24) is 19.8 Å². The van der Waals surface area contributed by atoms with Gasteiger partial charge in [0.1, 0.15) is 5.76 Å². The Bertz CT molecular complexity index is 736. The number of hydrogen-bond donors (Lipinski definition) is 0. The highest BCUT2D eigenvalue weighted by atomic mass is 16.5. The van der Waals surface area contributed by atoms with E-state index in [9.17, 15) is 4.79 Å². The summed E-state index contributed by atoms with van der Waals surface area (Å²) in [7, 11) is 0. The molecule has 1 aliphatic heterocycles. The minimum absolute atomic E-state index is 0.0245. The Morgan fingerprint density at radius 2 is 2.04 bits per heavy atom. The third-order valence-electron chi connectivity index (χ3n) is 4.16. The molecule has 0 spiro atoms. The molecule has 6 heteroatoms. The van der Waals surface area contributed by atoms with E-state index in [0.29, 0.717) is 12.5 Å². The van der Waals surface area contributed by atoms with Crippen molar-refractivity contribution in [2.75, 3.05) is 13.1 Å². The second-order valence-electron chi connectivity index (χ2n) is 7.48. The van der Waals surface area contributed by atoms with E-state index in [4.69, 9.17) is 4.52 Å². The second-order valence-corrected chi connectivity index (χ2v) is 7.48. The summed E-state index contributed by atoms with van der Waals surface area (Å²) in [5, 5.41) is 8.55. The lowest BCUT2D eigenvalue weighted by molar-refractivity contribution is 0.0740. The molecule has 3 heterocycles. The molecule has 0 amide bonds.